The number of hydrogen-bond donors (Lipinski definition) is 3. The van der Waals surface area contributed by atoms with Gasteiger partial charge in [0.1, 0.15) is 11.7 Å². The van der Waals surface area contributed by atoms with Crippen molar-refractivity contribution in [3.8, 4) is 6.07 Å². The third-order valence-electron chi connectivity index (χ3n) is 6.32. The van der Waals surface area contributed by atoms with E-state index in [4.69, 9.17) is 0 Å². The first-order valence-electron chi connectivity index (χ1n) is 11.5. The lowest BCUT2D eigenvalue weighted by Crippen LogP contribution is -2.56. The Balaban J connectivity index is 1.92. The van der Waals surface area contributed by atoms with E-state index in [0.717, 1.165) is 45.0 Å². The zero-order chi connectivity index (χ0) is 23.7. The quantitative estimate of drug-likeness (QED) is 0.378. The van der Waals surface area contributed by atoms with Gasteiger partial charge in [-0.3, -0.25) is 19.5 Å². The Labute approximate surface area is 195 Å². The molecule has 180 valence electrons. The number of nitriles is 1. The van der Waals surface area contributed by atoms with Crippen molar-refractivity contribution in [3.63, 3.8) is 0 Å². The molecule has 11 heteroatoms. The minimum atomic E-state index is -3.66. The average Bonchev–Trinajstić information content (AvgIpc) is 2.79. The van der Waals surface area contributed by atoms with Crippen LogP contribution in [0.5, 0.6) is 0 Å². The van der Waals surface area contributed by atoms with Crippen molar-refractivity contribution < 1.29 is 13.2 Å². The first-order chi connectivity index (χ1) is 15.8. The molecule has 2 heterocycles. The number of carbonyl (C=O) groups is 1. The molecule has 1 aliphatic carbocycles. The fourth-order valence-corrected chi connectivity index (χ4v) is 5.11. The summed E-state index contributed by atoms with van der Waals surface area (Å²) in [5.41, 5.74) is -0.355. The van der Waals surface area contributed by atoms with Gasteiger partial charge in [-0.25, -0.2) is 13.4 Å². The monoisotopic (exact) mass is 475 g/mol. The first kappa shape index (κ1) is 25.1. The highest BCUT2D eigenvalue weighted by molar-refractivity contribution is 7.89. The number of hydrogen-bond acceptors (Lipinski definition) is 8. The minimum Gasteiger partial charge on any atom is -0.348 e. The molecule has 1 atom stereocenters. The van der Waals surface area contributed by atoms with Crippen LogP contribution in [0.2, 0.25) is 0 Å². The Kier molecular flexibility index (Phi) is 8.74. The summed E-state index contributed by atoms with van der Waals surface area (Å²) >= 11 is 0. The minimum absolute atomic E-state index is 0.00111. The van der Waals surface area contributed by atoms with Crippen LogP contribution in [0, 0.1) is 17.2 Å². The molecule has 1 unspecified atom stereocenters. The van der Waals surface area contributed by atoms with E-state index in [1.807, 2.05) is 0 Å². The molecule has 1 aliphatic heterocycles. The number of sulfonamides is 1. The van der Waals surface area contributed by atoms with Gasteiger partial charge >= 0.3 is 0 Å². The van der Waals surface area contributed by atoms with Gasteiger partial charge in [0.05, 0.1) is 30.5 Å². The molecule has 33 heavy (non-hydrogen) atoms. The van der Waals surface area contributed by atoms with Gasteiger partial charge in [-0.1, -0.05) is 32.1 Å². The molecule has 3 rings (SSSR count). The van der Waals surface area contributed by atoms with Crippen LogP contribution in [0.1, 0.15) is 63.5 Å². The standard InChI is InChI=1S/C22H33N7O3S/c1-33(31,32)29-20(19-16-25-13-14-26-19)27-18(15-17-5-3-2-4-6-17)21(30)28-22(7-10-23)8-11-24-12-9-22/h13-14,16-18,24H,2-9,11-12,15H2,1H3,(H,27,29)(H,28,30). The fraction of sp³-hybridized carbons (Fsp3) is 0.682. The normalized spacial score (nSPS) is 20.4. The van der Waals surface area contributed by atoms with Crippen molar-refractivity contribution in [2.24, 2.45) is 10.9 Å². The van der Waals surface area contributed by atoms with Crippen molar-refractivity contribution in [2.75, 3.05) is 19.3 Å². The Morgan fingerprint density at radius 1 is 1.30 bits per heavy atom. The van der Waals surface area contributed by atoms with E-state index >= 15 is 0 Å². The summed E-state index contributed by atoms with van der Waals surface area (Å²) in [4.78, 5) is 26.3. The zero-order valence-electron chi connectivity index (χ0n) is 19.1. The van der Waals surface area contributed by atoms with Gasteiger partial charge in [-0.05, 0) is 38.3 Å². The summed E-state index contributed by atoms with van der Waals surface area (Å²) in [6, 6.07) is 1.41. The van der Waals surface area contributed by atoms with Crippen LogP contribution in [0.3, 0.4) is 0 Å². The van der Waals surface area contributed by atoms with Crippen LogP contribution in [0.15, 0.2) is 23.6 Å². The highest BCUT2D eigenvalue weighted by Gasteiger charge is 2.36. The molecular weight excluding hydrogens is 442 g/mol. The molecule has 0 aromatic carbocycles. The predicted molar refractivity (Wildman–Crippen MR) is 125 cm³/mol. The lowest BCUT2D eigenvalue weighted by atomic mass is 9.83. The van der Waals surface area contributed by atoms with Gasteiger partial charge in [-0.15, -0.1) is 0 Å². The lowest BCUT2D eigenvalue weighted by Gasteiger charge is -2.37. The second-order valence-electron chi connectivity index (χ2n) is 9.05. The predicted octanol–water partition coefficient (Wildman–Crippen LogP) is 1.26. The summed E-state index contributed by atoms with van der Waals surface area (Å²) in [5.74, 6) is 0.0511. The maximum atomic E-state index is 13.5. The third kappa shape index (κ3) is 7.75. The van der Waals surface area contributed by atoms with Crippen molar-refractivity contribution >= 4 is 21.8 Å². The molecule has 10 nitrogen and oxygen atoms in total. The molecule has 0 bridgehead atoms. The van der Waals surface area contributed by atoms with E-state index < -0.39 is 21.6 Å². The molecule has 1 saturated carbocycles. The second-order valence-corrected chi connectivity index (χ2v) is 10.8. The molecule has 2 aliphatic rings. The SMILES string of the molecule is CS(=O)(=O)NC(=NC(CC1CCCCC1)C(=O)NC1(CC#N)CCNCC1)c1cnccn1. The van der Waals surface area contributed by atoms with E-state index in [-0.39, 0.29) is 23.9 Å². The maximum absolute atomic E-state index is 13.5. The van der Waals surface area contributed by atoms with Crippen LogP contribution >= 0.6 is 0 Å². The van der Waals surface area contributed by atoms with Crippen LogP contribution in [0.4, 0.5) is 0 Å². The van der Waals surface area contributed by atoms with Gasteiger partial charge in [0.2, 0.25) is 15.9 Å². The largest absolute Gasteiger partial charge is 0.348 e. The molecule has 3 N–H and O–H groups in total. The fourth-order valence-electron chi connectivity index (χ4n) is 4.60. The van der Waals surface area contributed by atoms with Crippen LogP contribution in [-0.2, 0) is 14.8 Å². The first-order valence-corrected chi connectivity index (χ1v) is 13.4. The number of piperidine rings is 1. The molecular formula is C22H33N7O3S. The Bertz CT molecular complexity index is 963. The number of aliphatic imine (C=N–C) groups is 1. The molecule has 1 amide bonds. The van der Waals surface area contributed by atoms with E-state index in [1.165, 1.54) is 25.0 Å². The van der Waals surface area contributed by atoms with E-state index in [1.54, 1.807) is 0 Å². The second kappa shape index (κ2) is 11.5. The number of nitrogens with zero attached hydrogens (tertiary/aromatic N) is 4. The van der Waals surface area contributed by atoms with Crippen molar-refractivity contribution in [2.45, 2.75) is 69.4 Å². The van der Waals surface area contributed by atoms with Crippen molar-refractivity contribution in [1.29, 1.82) is 5.26 Å². The van der Waals surface area contributed by atoms with E-state index in [9.17, 15) is 18.5 Å². The highest BCUT2D eigenvalue weighted by Crippen LogP contribution is 2.29. The summed E-state index contributed by atoms with van der Waals surface area (Å²) in [7, 11) is -3.66. The molecule has 2 fully saturated rings. The van der Waals surface area contributed by atoms with Gasteiger partial charge in [0, 0.05) is 12.4 Å². The van der Waals surface area contributed by atoms with Gasteiger partial charge < -0.3 is 10.6 Å². The van der Waals surface area contributed by atoms with E-state index in [0.29, 0.717) is 25.2 Å². The molecule has 0 spiro atoms. The zero-order valence-corrected chi connectivity index (χ0v) is 19.9. The van der Waals surface area contributed by atoms with Crippen LogP contribution < -0.4 is 15.4 Å². The Morgan fingerprint density at radius 2 is 2.03 bits per heavy atom. The third-order valence-corrected chi connectivity index (χ3v) is 6.89. The number of aromatic nitrogens is 2. The van der Waals surface area contributed by atoms with E-state index in [2.05, 4.69) is 36.4 Å². The number of carbonyl (C=O) groups excluding carboxylic acids is 1. The lowest BCUT2D eigenvalue weighted by molar-refractivity contribution is -0.125. The van der Waals surface area contributed by atoms with Crippen LogP contribution in [0.25, 0.3) is 0 Å². The Morgan fingerprint density at radius 3 is 2.64 bits per heavy atom. The number of rotatable bonds is 8. The number of nitrogens with one attached hydrogen (secondary N) is 3. The molecule has 1 saturated heterocycles. The molecule has 1 aromatic heterocycles. The topological polar surface area (TPSA) is 149 Å². The summed E-state index contributed by atoms with van der Waals surface area (Å²) in [6.07, 6.45) is 12.9. The van der Waals surface area contributed by atoms with Crippen molar-refractivity contribution in [1.82, 2.24) is 25.3 Å². The summed E-state index contributed by atoms with van der Waals surface area (Å²) in [6.45, 7) is 1.44. The van der Waals surface area contributed by atoms with Crippen LogP contribution in [-0.4, -0.2) is 61.1 Å². The summed E-state index contributed by atoms with van der Waals surface area (Å²) in [5, 5.41) is 15.8. The van der Waals surface area contributed by atoms with Gasteiger partial charge in [-0.2, -0.15) is 5.26 Å². The maximum Gasteiger partial charge on any atom is 0.245 e. The smallest absolute Gasteiger partial charge is 0.245 e. The highest BCUT2D eigenvalue weighted by atomic mass is 32.2. The summed E-state index contributed by atoms with van der Waals surface area (Å²) < 4.78 is 26.5. The molecule has 1 aromatic rings. The number of amides is 1. The average molecular weight is 476 g/mol. The van der Waals surface area contributed by atoms with Crippen molar-refractivity contribution in [3.05, 3.63) is 24.3 Å². The molecule has 0 radical (unpaired) electrons. The van der Waals surface area contributed by atoms with Gasteiger partial charge in [0.15, 0.2) is 5.84 Å². The van der Waals surface area contributed by atoms with Gasteiger partial charge in [0.25, 0.3) is 0 Å². The number of amidine groups is 1. The Hall–Kier alpha value is -2.58.